The zero-order chi connectivity index (χ0) is 21.3. The number of hydrogen-bond donors (Lipinski definition) is 0. The fraction of sp³-hybridized carbons (Fsp3) is 0.286. The topological polar surface area (TPSA) is 96.2 Å². The van der Waals surface area contributed by atoms with Gasteiger partial charge < -0.3 is 23.5 Å². The van der Waals surface area contributed by atoms with Crippen LogP contribution in [0, 0.1) is 6.92 Å². The van der Waals surface area contributed by atoms with Crippen LogP contribution in [0.25, 0.3) is 11.4 Å². The van der Waals surface area contributed by atoms with Crippen molar-refractivity contribution < 1.29 is 28.3 Å². The number of nitrogens with zero attached hydrogens (tertiary/aromatic N) is 3. The Morgan fingerprint density at radius 2 is 1.80 bits per heavy atom. The number of carbonyl (C=O) groups excluding carboxylic acids is 1. The minimum absolute atomic E-state index is 0.0374. The number of carbonyl (C=O) groups is 1. The summed E-state index contributed by atoms with van der Waals surface area (Å²) in [6.07, 6.45) is 0. The van der Waals surface area contributed by atoms with E-state index in [4.69, 9.17) is 23.5 Å². The maximum absolute atomic E-state index is 12.4. The highest BCUT2D eigenvalue weighted by molar-refractivity contribution is 5.97. The van der Waals surface area contributed by atoms with Crippen molar-refractivity contribution in [1.29, 1.82) is 0 Å². The zero-order valence-corrected chi connectivity index (χ0v) is 17.1. The first kappa shape index (κ1) is 19.6. The summed E-state index contributed by atoms with van der Waals surface area (Å²) in [6.45, 7) is 2.06. The fourth-order valence-corrected chi connectivity index (χ4v) is 3.27. The van der Waals surface area contributed by atoms with Crippen LogP contribution in [0.3, 0.4) is 0 Å². The molecule has 0 unspecified atom stereocenters. The van der Waals surface area contributed by atoms with E-state index >= 15 is 0 Å². The molecule has 0 saturated carbocycles. The van der Waals surface area contributed by atoms with E-state index in [0.717, 1.165) is 5.56 Å². The standard InChI is InChI=1S/C21H21N3O6/c1-12-5-6-14-15(7-12)29-11-19(25)24(14)10-18-22-21(23-30-18)13-8-16(26-2)20(28-4)17(9-13)27-3/h5-9H,10-11H2,1-4H3. The van der Waals surface area contributed by atoms with Gasteiger partial charge in [-0.1, -0.05) is 11.2 Å². The van der Waals surface area contributed by atoms with Gasteiger partial charge in [0.05, 0.1) is 27.0 Å². The van der Waals surface area contributed by atoms with E-state index in [1.54, 1.807) is 17.0 Å². The first-order valence-electron chi connectivity index (χ1n) is 9.20. The van der Waals surface area contributed by atoms with E-state index in [1.807, 2.05) is 25.1 Å². The minimum atomic E-state index is -0.182. The summed E-state index contributed by atoms with van der Waals surface area (Å²) < 4.78 is 27.0. The molecule has 3 aromatic rings. The highest BCUT2D eigenvalue weighted by atomic mass is 16.5. The number of ether oxygens (including phenoxy) is 4. The second-order valence-electron chi connectivity index (χ2n) is 6.67. The maximum atomic E-state index is 12.4. The van der Waals surface area contributed by atoms with Crippen LogP contribution < -0.4 is 23.8 Å². The molecule has 156 valence electrons. The van der Waals surface area contributed by atoms with Gasteiger partial charge in [-0.05, 0) is 36.8 Å². The highest BCUT2D eigenvalue weighted by Gasteiger charge is 2.27. The molecule has 0 bridgehead atoms. The first-order valence-corrected chi connectivity index (χ1v) is 9.20. The molecule has 0 radical (unpaired) electrons. The third-order valence-electron chi connectivity index (χ3n) is 4.74. The Morgan fingerprint density at radius 3 is 2.47 bits per heavy atom. The molecule has 0 saturated heterocycles. The van der Waals surface area contributed by atoms with Crippen molar-refractivity contribution in [3.8, 4) is 34.4 Å². The van der Waals surface area contributed by atoms with Gasteiger partial charge in [0.15, 0.2) is 18.1 Å². The Labute approximate surface area is 173 Å². The lowest BCUT2D eigenvalue weighted by atomic mass is 10.1. The second kappa shape index (κ2) is 7.94. The number of methoxy groups -OCH3 is 3. The van der Waals surface area contributed by atoms with Crippen LogP contribution in [-0.2, 0) is 11.3 Å². The van der Waals surface area contributed by atoms with Gasteiger partial charge in [-0.2, -0.15) is 4.98 Å². The molecule has 9 nitrogen and oxygen atoms in total. The summed E-state index contributed by atoms with van der Waals surface area (Å²) in [5.74, 6) is 2.53. The average molecular weight is 411 g/mol. The van der Waals surface area contributed by atoms with Gasteiger partial charge in [-0.3, -0.25) is 9.69 Å². The third-order valence-corrected chi connectivity index (χ3v) is 4.74. The molecule has 0 N–H and O–H groups in total. The van der Waals surface area contributed by atoms with Crippen LogP contribution in [0.2, 0.25) is 0 Å². The molecule has 9 heteroatoms. The first-order chi connectivity index (χ1) is 14.5. The van der Waals surface area contributed by atoms with Gasteiger partial charge in [-0.25, -0.2) is 0 Å². The second-order valence-corrected chi connectivity index (χ2v) is 6.67. The average Bonchev–Trinajstić information content (AvgIpc) is 3.23. The van der Waals surface area contributed by atoms with Crippen molar-refractivity contribution in [2.45, 2.75) is 13.5 Å². The summed E-state index contributed by atoms with van der Waals surface area (Å²) >= 11 is 0. The lowest BCUT2D eigenvalue weighted by Gasteiger charge is -2.28. The number of fused-ring (bicyclic) bond motifs is 1. The van der Waals surface area contributed by atoms with Gasteiger partial charge in [0.1, 0.15) is 12.3 Å². The van der Waals surface area contributed by atoms with Gasteiger partial charge in [0.2, 0.25) is 17.5 Å². The molecule has 2 heterocycles. The molecule has 2 aromatic carbocycles. The highest BCUT2D eigenvalue weighted by Crippen LogP contribution is 2.40. The number of aryl methyl sites for hydroxylation is 1. The molecular formula is C21H21N3O6. The van der Waals surface area contributed by atoms with E-state index in [1.165, 1.54) is 21.3 Å². The molecule has 1 aromatic heterocycles. The van der Waals surface area contributed by atoms with Gasteiger partial charge in [0, 0.05) is 5.56 Å². The molecule has 1 amide bonds. The summed E-state index contributed by atoms with van der Waals surface area (Å²) in [6, 6.07) is 9.12. The monoisotopic (exact) mass is 411 g/mol. The Bertz CT molecular complexity index is 1070. The van der Waals surface area contributed by atoms with Crippen molar-refractivity contribution in [3.05, 3.63) is 41.8 Å². The van der Waals surface area contributed by atoms with Crippen LogP contribution in [-0.4, -0.2) is 44.0 Å². The lowest BCUT2D eigenvalue weighted by molar-refractivity contribution is -0.121. The van der Waals surface area contributed by atoms with Gasteiger partial charge in [0.25, 0.3) is 5.91 Å². The van der Waals surface area contributed by atoms with Crippen molar-refractivity contribution in [3.63, 3.8) is 0 Å². The van der Waals surface area contributed by atoms with Crippen molar-refractivity contribution in [2.24, 2.45) is 0 Å². The normalized spacial score (nSPS) is 12.9. The fourth-order valence-electron chi connectivity index (χ4n) is 3.27. The molecule has 0 fully saturated rings. The Hall–Kier alpha value is -3.75. The lowest BCUT2D eigenvalue weighted by Crippen LogP contribution is -2.38. The van der Waals surface area contributed by atoms with E-state index in [-0.39, 0.29) is 19.1 Å². The zero-order valence-electron chi connectivity index (χ0n) is 17.1. The number of benzene rings is 2. The van der Waals surface area contributed by atoms with Crippen LogP contribution in [0.15, 0.2) is 34.9 Å². The Morgan fingerprint density at radius 1 is 1.07 bits per heavy atom. The summed E-state index contributed by atoms with van der Waals surface area (Å²) in [7, 11) is 4.60. The quantitative estimate of drug-likeness (QED) is 0.611. The number of rotatable bonds is 6. The minimum Gasteiger partial charge on any atom is -0.493 e. The van der Waals surface area contributed by atoms with Crippen molar-refractivity contribution >= 4 is 11.6 Å². The molecule has 30 heavy (non-hydrogen) atoms. The Kier molecular flexibility index (Phi) is 5.18. The SMILES string of the molecule is COc1cc(-c2noc(CN3C(=O)COc4cc(C)ccc43)n2)cc(OC)c1OC. The smallest absolute Gasteiger partial charge is 0.265 e. The number of amides is 1. The van der Waals surface area contributed by atoms with Crippen molar-refractivity contribution in [2.75, 3.05) is 32.8 Å². The van der Waals surface area contributed by atoms with E-state index in [9.17, 15) is 4.79 Å². The van der Waals surface area contributed by atoms with E-state index in [2.05, 4.69) is 10.1 Å². The number of anilines is 1. The summed E-state index contributed by atoms with van der Waals surface area (Å²) in [5.41, 5.74) is 2.35. The van der Waals surface area contributed by atoms with E-state index in [0.29, 0.717) is 46.0 Å². The molecular weight excluding hydrogens is 390 g/mol. The van der Waals surface area contributed by atoms with Crippen LogP contribution in [0.1, 0.15) is 11.5 Å². The summed E-state index contributed by atoms with van der Waals surface area (Å²) in [4.78, 5) is 18.4. The molecule has 0 atom stereocenters. The largest absolute Gasteiger partial charge is 0.493 e. The number of hydrogen-bond acceptors (Lipinski definition) is 8. The van der Waals surface area contributed by atoms with Gasteiger partial charge in [-0.15, -0.1) is 0 Å². The third kappa shape index (κ3) is 3.49. The summed E-state index contributed by atoms with van der Waals surface area (Å²) in [5, 5.41) is 4.05. The molecule has 0 aliphatic carbocycles. The van der Waals surface area contributed by atoms with Crippen molar-refractivity contribution in [1.82, 2.24) is 10.1 Å². The number of aromatic nitrogens is 2. The van der Waals surface area contributed by atoms with Crippen LogP contribution in [0.5, 0.6) is 23.0 Å². The molecule has 4 rings (SSSR count). The Balaban J connectivity index is 1.64. The molecule has 1 aliphatic heterocycles. The molecule has 1 aliphatic rings. The predicted octanol–water partition coefficient (Wildman–Crippen LogP) is 3.00. The predicted molar refractivity (Wildman–Crippen MR) is 107 cm³/mol. The van der Waals surface area contributed by atoms with Crippen LogP contribution in [0.4, 0.5) is 5.69 Å². The van der Waals surface area contributed by atoms with E-state index < -0.39 is 0 Å². The van der Waals surface area contributed by atoms with Gasteiger partial charge >= 0.3 is 0 Å². The maximum Gasteiger partial charge on any atom is 0.265 e. The molecule has 0 spiro atoms. The van der Waals surface area contributed by atoms with Crippen LogP contribution >= 0.6 is 0 Å².